The fraction of sp³-hybridized carbons (Fsp3) is 0.571. The molecule has 19 heavy (non-hydrogen) atoms. The molecule has 1 saturated carbocycles. The van der Waals surface area contributed by atoms with E-state index in [1.165, 1.54) is 0 Å². The Morgan fingerprint density at radius 3 is 2.26 bits per heavy atom. The second kappa shape index (κ2) is 5.61. The van der Waals surface area contributed by atoms with Crippen molar-refractivity contribution < 1.29 is 17.3 Å². The summed E-state index contributed by atoms with van der Waals surface area (Å²) in [7, 11) is -2.03. The van der Waals surface area contributed by atoms with E-state index < -0.39 is 10.1 Å². The second-order valence-corrected chi connectivity index (χ2v) is 6.93. The molecule has 0 bridgehead atoms. The number of hydrogen-bond donors (Lipinski definition) is 0. The Hall–Kier alpha value is -0.910. The van der Waals surface area contributed by atoms with Crippen LogP contribution in [-0.2, 0) is 19.0 Å². The number of aryl methyl sites for hydroxylation is 1. The van der Waals surface area contributed by atoms with Crippen LogP contribution in [0.3, 0.4) is 0 Å². The first-order chi connectivity index (χ1) is 8.97. The van der Waals surface area contributed by atoms with Crippen LogP contribution in [0.2, 0.25) is 0 Å². The van der Waals surface area contributed by atoms with Crippen molar-refractivity contribution in [2.45, 2.75) is 31.1 Å². The topological polar surface area (TPSA) is 52.6 Å². The molecule has 5 heteroatoms. The predicted molar refractivity (Wildman–Crippen MR) is 72.5 cm³/mol. The highest BCUT2D eigenvalue weighted by Gasteiger charge is 2.38. The Kier molecular flexibility index (Phi) is 4.28. The SMILES string of the molecule is COCC1(COS(=O)(=O)c2ccc(C)cc2)CCC1. The van der Waals surface area contributed by atoms with Gasteiger partial charge in [-0.25, -0.2) is 0 Å². The van der Waals surface area contributed by atoms with E-state index in [-0.39, 0.29) is 16.9 Å². The van der Waals surface area contributed by atoms with Gasteiger partial charge in [0.1, 0.15) is 0 Å². The van der Waals surface area contributed by atoms with Crippen molar-refractivity contribution in [3.8, 4) is 0 Å². The van der Waals surface area contributed by atoms with E-state index in [4.69, 9.17) is 8.92 Å². The molecule has 0 N–H and O–H groups in total. The minimum Gasteiger partial charge on any atom is -0.384 e. The van der Waals surface area contributed by atoms with Crippen LogP contribution in [0.4, 0.5) is 0 Å². The highest BCUT2D eigenvalue weighted by atomic mass is 32.2. The fourth-order valence-electron chi connectivity index (χ4n) is 2.29. The highest BCUT2D eigenvalue weighted by Crippen LogP contribution is 2.41. The van der Waals surface area contributed by atoms with Crippen LogP contribution < -0.4 is 0 Å². The lowest BCUT2D eigenvalue weighted by molar-refractivity contribution is -0.0168. The van der Waals surface area contributed by atoms with Crippen molar-refractivity contribution in [1.29, 1.82) is 0 Å². The summed E-state index contributed by atoms with van der Waals surface area (Å²) in [6.07, 6.45) is 3.03. The Balaban J connectivity index is 2.03. The van der Waals surface area contributed by atoms with Crippen LogP contribution in [0.5, 0.6) is 0 Å². The summed E-state index contributed by atoms with van der Waals surface area (Å²) in [6.45, 7) is 2.67. The summed E-state index contributed by atoms with van der Waals surface area (Å²) >= 11 is 0. The van der Waals surface area contributed by atoms with Gasteiger partial charge in [0.2, 0.25) is 0 Å². The molecule has 0 heterocycles. The van der Waals surface area contributed by atoms with Gasteiger partial charge >= 0.3 is 0 Å². The van der Waals surface area contributed by atoms with Gasteiger partial charge in [-0.2, -0.15) is 8.42 Å². The Labute approximate surface area is 114 Å². The molecule has 1 aliphatic carbocycles. The smallest absolute Gasteiger partial charge is 0.296 e. The molecule has 0 spiro atoms. The standard InChI is InChI=1S/C14H20O4S/c1-12-4-6-13(7-5-12)19(15,16)18-11-14(10-17-2)8-3-9-14/h4-7H,3,8-11H2,1-2H3. The molecular weight excluding hydrogens is 264 g/mol. The van der Waals surface area contributed by atoms with Crippen LogP contribution in [0.15, 0.2) is 29.2 Å². The lowest BCUT2D eigenvalue weighted by Crippen LogP contribution is -2.39. The minimum atomic E-state index is -3.66. The molecule has 1 fully saturated rings. The van der Waals surface area contributed by atoms with Gasteiger partial charge in [0.15, 0.2) is 0 Å². The van der Waals surface area contributed by atoms with Gasteiger partial charge < -0.3 is 4.74 Å². The van der Waals surface area contributed by atoms with Gasteiger partial charge in [-0.3, -0.25) is 4.18 Å². The fourth-order valence-corrected chi connectivity index (χ4v) is 3.30. The molecule has 1 aliphatic rings. The molecule has 0 atom stereocenters. The maximum Gasteiger partial charge on any atom is 0.296 e. The summed E-state index contributed by atoms with van der Waals surface area (Å²) in [6, 6.07) is 6.69. The minimum absolute atomic E-state index is 0.119. The van der Waals surface area contributed by atoms with Gasteiger partial charge in [-0.1, -0.05) is 24.1 Å². The zero-order valence-electron chi connectivity index (χ0n) is 11.4. The number of methoxy groups -OCH3 is 1. The molecule has 1 aromatic carbocycles. The van der Waals surface area contributed by atoms with Gasteiger partial charge in [0.05, 0.1) is 18.1 Å². The normalized spacial score (nSPS) is 18.0. The zero-order valence-corrected chi connectivity index (χ0v) is 12.2. The van der Waals surface area contributed by atoms with E-state index in [1.54, 1.807) is 31.4 Å². The molecule has 0 aromatic heterocycles. The third-order valence-electron chi connectivity index (χ3n) is 3.69. The Morgan fingerprint density at radius 1 is 1.16 bits per heavy atom. The molecule has 4 nitrogen and oxygen atoms in total. The maximum absolute atomic E-state index is 12.1. The Bertz CT molecular complexity index is 515. The van der Waals surface area contributed by atoms with Crippen molar-refractivity contribution in [2.24, 2.45) is 5.41 Å². The van der Waals surface area contributed by atoms with Crippen molar-refractivity contribution in [3.05, 3.63) is 29.8 Å². The number of rotatable bonds is 6. The monoisotopic (exact) mass is 284 g/mol. The average Bonchev–Trinajstić information content (AvgIpc) is 2.33. The first-order valence-corrected chi connectivity index (χ1v) is 7.83. The highest BCUT2D eigenvalue weighted by molar-refractivity contribution is 7.86. The van der Waals surface area contributed by atoms with Crippen LogP contribution in [0, 0.1) is 12.3 Å². The lowest BCUT2D eigenvalue weighted by Gasteiger charge is -2.40. The van der Waals surface area contributed by atoms with E-state index in [1.807, 2.05) is 6.92 Å². The van der Waals surface area contributed by atoms with Crippen LogP contribution in [-0.4, -0.2) is 28.7 Å². The van der Waals surface area contributed by atoms with Gasteiger partial charge in [0, 0.05) is 12.5 Å². The molecule has 0 radical (unpaired) electrons. The summed E-state index contributed by atoms with van der Waals surface area (Å²) in [5.41, 5.74) is 0.903. The first kappa shape index (κ1) is 14.5. The largest absolute Gasteiger partial charge is 0.384 e. The summed E-state index contributed by atoms with van der Waals surface area (Å²) < 4.78 is 34.5. The van der Waals surface area contributed by atoms with Crippen molar-refractivity contribution >= 4 is 10.1 Å². The summed E-state index contributed by atoms with van der Waals surface area (Å²) in [5.74, 6) is 0. The van der Waals surface area contributed by atoms with Crippen LogP contribution in [0.25, 0.3) is 0 Å². The molecule has 0 unspecified atom stereocenters. The van der Waals surface area contributed by atoms with E-state index in [9.17, 15) is 8.42 Å². The molecular formula is C14H20O4S. The van der Waals surface area contributed by atoms with Crippen molar-refractivity contribution in [1.82, 2.24) is 0 Å². The second-order valence-electron chi connectivity index (χ2n) is 5.32. The molecule has 0 saturated heterocycles. The predicted octanol–water partition coefficient (Wildman–Crippen LogP) is 2.52. The third-order valence-corrected chi connectivity index (χ3v) is 4.97. The van der Waals surface area contributed by atoms with Gasteiger partial charge in [-0.05, 0) is 31.9 Å². The van der Waals surface area contributed by atoms with Gasteiger partial charge in [-0.15, -0.1) is 0 Å². The average molecular weight is 284 g/mol. The van der Waals surface area contributed by atoms with E-state index >= 15 is 0 Å². The first-order valence-electron chi connectivity index (χ1n) is 6.43. The van der Waals surface area contributed by atoms with E-state index in [0.29, 0.717) is 6.61 Å². The van der Waals surface area contributed by atoms with Crippen molar-refractivity contribution in [3.63, 3.8) is 0 Å². The zero-order chi connectivity index (χ0) is 13.9. The van der Waals surface area contributed by atoms with Crippen LogP contribution in [0.1, 0.15) is 24.8 Å². The summed E-state index contributed by atoms with van der Waals surface area (Å²) in [5, 5.41) is 0. The number of ether oxygens (including phenoxy) is 1. The third kappa shape index (κ3) is 3.35. The lowest BCUT2D eigenvalue weighted by atomic mass is 9.70. The number of benzene rings is 1. The van der Waals surface area contributed by atoms with E-state index in [0.717, 1.165) is 24.8 Å². The van der Waals surface area contributed by atoms with Crippen LogP contribution >= 0.6 is 0 Å². The molecule has 1 aromatic rings. The summed E-state index contributed by atoms with van der Waals surface area (Å²) in [4.78, 5) is 0.213. The molecule has 0 aliphatic heterocycles. The van der Waals surface area contributed by atoms with Crippen molar-refractivity contribution in [2.75, 3.05) is 20.3 Å². The Morgan fingerprint density at radius 2 is 1.79 bits per heavy atom. The molecule has 106 valence electrons. The quantitative estimate of drug-likeness (QED) is 0.753. The van der Waals surface area contributed by atoms with Gasteiger partial charge in [0.25, 0.3) is 10.1 Å². The molecule has 2 rings (SSSR count). The number of hydrogen-bond acceptors (Lipinski definition) is 4. The maximum atomic E-state index is 12.1. The molecule has 0 amide bonds. The van der Waals surface area contributed by atoms with E-state index in [2.05, 4.69) is 0 Å².